The Bertz CT molecular complexity index is 353. The SMILES string of the molecule is CCN(C(=O)CN1CC(C)NCC1C)C1=CCCC1. The molecule has 4 heteroatoms. The summed E-state index contributed by atoms with van der Waals surface area (Å²) in [6.07, 6.45) is 5.61. The van der Waals surface area contributed by atoms with Crippen LogP contribution in [0.2, 0.25) is 0 Å². The summed E-state index contributed by atoms with van der Waals surface area (Å²) in [6.45, 7) is 9.73. The first-order valence-corrected chi connectivity index (χ1v) is 7.58. The topological polar surface area (TPSA) is 35.6 Å². The van der Waals surface area contributed by atoms with Gasteiger partial charge in [0.25, 0.3) is 0 Å². The number of hydrogen-bond donors (Lipinski definition) is 1. The minimum atomic E-state index is 0.261. The zero-order chi connectivity index (χ0) is 13.8. The van der Waals surface area contributed by atoms with Crippen molar-refractivity contribution in [2.75, 3.05) is 26.2 Å². The summed E-state index contributed by atoms with van der Waals surface area (Å²) in [5, 5.41) is 3.46. The van der Waals surface area contributed by atoms with Crippen LogP contribution in [0.5, 0.6) is 0 Å². The van der Waals surface area contributed by atoms with Gasteiger partial charge in [-0.2, -0.15) is 0 Å². The maximum atomic E-state index is 12.5. The molecule has 1 heterocycles. The molecular formula is C15H27N3O. The van der Waals surface area contributed by atoms with E-state index in [0.717, 1.165) is 32.5 Å². The molecule has 19 heavy (non-hydrogen) atoms. The van der Waals surface area contributed by atoms with Crippen molar-refractivity contribution in [2.45, 2.75) is 52.1 Å². The number of piperazine rings is 1. The molecule has 1 aliphatic heterocycles. The number of rotatable bonds is 4. The van der Waals surface area contributed by atoms with Crippen LogP contribution in [0, 0.1) is 0 Å². The van der Waals surface area contributed by atoms with Crippen molar-refractivity contribution in [3.63, 3.8) is 0 Å². The average Bonchev–Trinajstić information content (AvgIpc) is 2.88. The van der Waals surface area contributed by atoms with Crippen LogP contribution in [0.25, 0.3) is 0 Å². The lowest BCUT2D eigenvalue weighted by Gasteiger charge is -2.38. The van der Waals surface area contributed by atoms with Gasteiger partial charge in [-0.15, -0.1) is 0 Å². The Morgan fingerprint density at radius 2 is 2.32 bits per heavy atom. The highest BCUT2D eigenvalue weighted by Crippen LogP contribution is 2.21. The summed E-state index contributed by atoms with van der Waals surface area (Å²) < 4.78 is 0. The second kappa shape index (κ2) is 6.53. The quantitative estimate of drug-likeness (QED) is 0.838. The van der Waals surface area contributed by atoms with Gasteiger partial charge in [-0.25, -0.2) is 0 Å². The van der Waals surface area contributed by atoms with Gasteiger partial charge in [-0.3, -0.25) is 9.69 Å². The Labute approximate surface area is 116 Å². The largest absolute Gasteiger partial charge is 0.316 e. The van der Waals surface area contributed by atoms with E-state index in [1.807, 2.05) is 4.90 Å². The van der Waals surface area contributed by atoms with Gasteiger partial charge in [0.1, 0.15) is 0 Å². The third kappa shape index (κ3) is 3.57. The molecule has 0 saturated carbocycles. The first-order chi connectivity index (χ1) is 9.11. The summed E-state index contributed by atoms with van der Waals surface area (Å²) >= 11 is 0. The third-order valence-electron chi connectivity index (χ3n) is 4.21. The standard InChI is InChI=1S/C15H27N3O/c1-4-18(14-7-5-6-8-14)15(19)11-17-10-12(2)16-9-13(17)3/h7,12-13,16H,4-6,8-11H2,1-3H3. The highest BCUT2D eigenvalue weighted by atomic mass is 16.2. The summed E-state index contributed by atoms with van der Waals surface area (Å²) in [5.41, 5.74) is 1.24. The highest BCUT2D eigenvalue weighted by molar-refractivity contribution is 5.80. The average molecular weight is 265 g/mol. The maximum absolute atomic E-state index is 12.5. The molecule has 0 aromatic rings. The fourth-order valence-corrected chi connectivity index (χ4v) is 3.02. The van der Waals surface area contributed by atoms with Crippen molar-refractivity contribution < 1.29 is 4.79 Å². The number of carbonyl (C=O) groups excluding carboxylic acids is 1. The van der Waals surface area contributed by atoms with Crippen molar-refractivity contribution in [2.24, 2.45) is 0 Å². The van der Waals surface area contributed by atoms with Gasteiger partial charge < -0.3 is 10.2 Å². The molecule has 2 rings (SSSR count). The van der Waals surface area contributed by atoms with Gasteiger partial charge in [-0.1, -0.05) is 6.08 Å². The van der Waals surface area contributed by atoms with E-state index < -0.39 is 0 Å². The molecule has 0 aromatic heterocycles. The van der Waals surface area contributed by atoms with Crippen molar-refractivity contribution >= 4 is 5.91 Å². The molecule has 1 saturated heterocycles. The minimum Gasteiger partial charge on any atom is -0.316 e. The zero-order valence-corrected chi connectivity index (χ0v) is 12.5. The normalized spacial score (nSPS) is 28.3. The van der Waals surface area contributed by atoms with E-state index in [0.29, 0.717) is 18.6 Å². The molecule has 2 aliphatic rings. The van der Waals surface area contributed by atoms with Crippen molar-refractivity contribution in [3.05, 3.63) is 11.8 Å². The first-order valence-electron chi connectivity index (χ1n) is 7.58. The van der Waals surface area contributed by atoms with Crippen LogP contribution < -0.4 is 5.32 Å². The summed E-state index contributed by atoms with van der Waals surface area (Å²) in [4.78, 5) is 16.8. The second-order valence-electron chi connectivity index (χ2n) is 5.81. The number of nitrogens with zero attached hydrogens (tertiary/aromatic N) is 2. The summed E-state index contributed by atoms with van der Waals surface area (Å²) in [6, 6.07) is 0.918. The van der Waals surface area contributed by atoms with Gasteiger partial charge >= 0.3 is 0 Å². The molecule has 0 radical (unpaired) electrons. The molecule has 1 N–H and O–H groups in total. The van der Waals surface area contributed by atoms with Crippen molar-refractivity contribution in [1.82, 2.24) is 15.1 Å². The Balaban J connectivity index is 1.94. The number of nitrogens with one attached hydrogen (secondary N) is 1. The van der Waals surface area contributed by atoms with E-state index >= 15 is 0 Å². The molecule has 108 valence electrons. The zero-order valence-electron chi connectivity index (χ0n) is 12.5. The highest BCUT2D eigenvalue weighted by Gasteiger charge is 2.27. The number of carbonyl (C=O) groups is 1. The lowest BCUT2D eigenvalue weighted by atomic mass is 10.1. The van der Waals surface area contributed by atoms with Crippen molar-refractivity contribution in [1.29, 1.82) is 0 Å². The molecule has 0 aromatic carbocycles. The fraction of sp³-hybridized carbons (Fsp3) is 0.800. The smallest absolute Gasteiger partial charge is 0.240 e. The molecule has 0 bridgehead atoms. The fourth-order valence-electron chi connectivity index (χ4n) is 3.02. The van der Waals surface area contributed by atoms with E-state index in [1.165, 1.54) is 12.1 Å². The number of likely N-dealkylation sites (N-methyl/N-ethyl adjacent to an activating group) is 1. The van der Waals surface area contributed by atoms with Crippen LogP contribution >= 0.6 is 0 Å². The Kier molecular flexibility index (Phi) is 4.99. The van der Waals surface area contributed by atoms with Crippen LogP contribution in [0.3, 0.4) is 0 Å². The van der Waals surface area contributed by atoms with Gasteiger partial charge in [0, 0.05) is 37.4 Å². The van der Waals surface area contributed by atoms with Crippen LogP contribution in [0.15, 0.2) is 11.8 Å². The predicted octanol–water partition coefficient (Wildman–Crippen LogP) is 1.58. The van der Waals surface area contributed by atoms with Gasteiger partial charge in [0.05, 0.1) is 6.54 Å². The lowest BCUT2D eigenvalue weighted by Crippen LogP contribution is -2.56. The summed E-state index contributed by atoms with van der Waals surface area (Å²) in [7, 11) is 0. The molecule has 0 spiro atoms. The Morgan fingerprint density at radius 3 is 2.95 bits per heavy atom. The third-order valence-corrected chi connectivity index (χ3v) is 4.21. The summed E-state index contributed by atoms with van der Waals surface area (Å²) in [5.74, 6) is 0.261. The number of allylic oxidation sites excluding steroid dienone is 2. The van der Waals surface area contributed by atoms with Crippen LogP contribution in [0.4, 0.5) is 0 Å². The van der Waals surface area contributed by atoms with Crippen LogP contribution in [-0.2, 0) is 4.79 Å². The number of hydrogen-bond acceptors (Lipinski definition) is 3. The van der Waals surface area contributed by atoms with E-state index in [9.17, 15) is 4.79 Å². The Hall–Kier alpha value is -0.870. The predicted molar refractivity (Wildman–Crippen MR) is 77.8 cm³/mol. The maximum Gasteiger partial charge on any atom is 0.240 e. The second-order valence-corrected chi connectivity index (χ2v) is 5.81. The van der Waals surface area contributed by atoms with Gasteiger partial charge in [0.15, 0.2) is 0 Å². The molecule has 1 amide bonds. The molecule has 1 aliphatic carbocycles. The van der Waals surface area contributed by atoms with Gasteiger partial charge in [-0.05, 0) is 40.0 Å². The van der Waals surface area contributed by atoms with Gasteiger partial charge in [0.2, 0.25) is 5.91 Å². The molecule has 2 atom stereocenters. The number of amides is 1. The molecule has 4 nitrogen and oxygen atoms in total. The van der Waals surface area contributed by atoms with Crippen molar-refractivity contribution in [3.8, 4) is 0 Å². The minimum absolute atomic E-state index is 0.261. The van der Waals surface area contributed by atoms with E-state index in [2.05, 4.69) is 37.1 Å². The van der Waals surface area contributed by atoms with E-state index in [-0.39, 0.29) is 5.91 Å². The van der Waals surface area contributed by atoms with Crippen LogP contribution in [-0.4, -0.2) is 54.0 Å². The molecular weight excluding hydrogens is 238 g/mol. The Morgan fingerprint density at radius 1 is 1.53 bits per heavy atom. The molecule has 1 fully saturated rings. The monoisotopic (exact) mass is 265 g/mol. The lowest BCUT2D eigenvalue weighted by molar-refractivity contribution is -0.131. The van der Waals surface area contributed by atoms with E-state index in [1.54, 1.807) is 0 Å². The van der Waals surface area contributed by atoms with E-state index in [4.69, 9.17) is 0 Å². The first kappa shape index (κ1) is 14.5. The molecule has 2 unspecified atom stereocenters. The van der Waals surface area contributed by atoms with Crippen LogP contribution in [0.1, 0.15) is 40.0 Å².